The summed E-state index contributed by atoms with van der Waals surface area (Å²) in [6, 6.07) is 16.4. The van der Waals surface area contributed by atoms with Crippen LogP contribution in [-0.4, -0.2) is 5.11 Å². The number of hydrogen-bond donors (Lipinski definition) is 1. The van der Waals surface area contributed by atoms with Crippen LogP contribution in [0.5, 0.6) is 0 Å². The van der Waals surface area contributed by atoms with Crippen LogP contribution < -0.4 is 0 Å². The summed E-state index contributed by atoms with van der Waals surface area (Å²) in [5.41, 5.74) is 3.36. The molecule has 0 aromatic heterocycles. The average Bonchev–Trinajstić information content (AvgIpc) is 2.39. The SMILES string of the molecule is CC(C)CC(O)c1ccc(-c2ccc(Br)cc2)cc1. The second-order valence-electron chi connectivity index (χ2n) is 5.27. The van der Waals surface area contributed by atoms with E-state index in [4.69, 9.17) is 0 Å². The van der Waals surface area contributed by atoms with Crippen LogP contribution in [-0.2, 0) is 0 Å². The molecule has 0 saturated heterocycles. The van der Waals surface area contributed by atoms with E-state index in [9.17, 15) is 5.11 Å². The van der Waals surface area contributed by atoms with Crippen LogP contribution in [0.25, 0.3) is 11.1 Å². The van der Waals surface area contributed by atoms with Gasteiger partial charge in [0.15, 0.2) is 0 Å². The maximum absolute atomic E-state index is 10.1. The molecule has 2 aromatic rings. The van der Waals surface area contributed by atoms with Gasteiger partial charge in [-0.1, -0.05) is 66.2 Å². The van der Waals surface area contributed by atoms with Crippen molar-refractivity contribution in [2.75, 3.05) is 0 Å². The van der Waals surface area contributed by atoms with E-state index in [0.29, 0.717) is 5.92 Å². The number of halogens is 1. The number of hydrogen-bond acceptors (Lipinski definition) is 1. The number of aliphatic hydroxyl groups excluding tert-OH is 1. The Hall–Kier alpha value is -1.12. The predicted octanol–water partition coefficient (Wildman–Crippen LogP) is 5.20. The molecule has 2 heteroatoms. The first kappa shape index (κ1) is 14.3. The van der Waals surface area contributed by atoms with Crippen LogP contribution in [0.1, 0.15) is 31.9 Å². The smallest absolute Gasteiger partial charge is 0.0792 e. The number of rotatable bonds is 4. The van der Waals surface area contributed by atoms with Gasteiger partial charge < -0.3 is 5.11 Å². The van der Waals surface area contributed by atoms with Gasteiger partial charge in [-0.2, -0.15) is 0 Å². The highest BCUT2D eigenvalue weighted by atomic mass is 79.9. The Morgan fingerprint density at radius 3 is 1.84 bits per heavy atom. The molecule has 2 rings (SSSR count). The van der Waals surface area contributed by atoms with E-state index in [1.54, 1.807) is 0 Å². The fourth-order valence-corrected chi connectivity index (χ4v) is 2.39. The molecule has 0 bridgehead atoms. The molecule has 1 unspecified atom stereocenters. The molecule has 0 radical (unpaired) electrons. The van der Waals surface area contributed by atoms with Gasteiger partial charge in [0.1, 0.15) is 0 Å². The molecule has 0 spiro atoms. The van der Waals surface area contributed by atoms with Crippen molar-refractivity contribution in [2.24, 2.45) is 5.92 Å². The van der Waals surface area contributed by atoms with Crippen molar-refractivity contribution in [2.45, 2.75) is 26.4 Å². The van der Waals surface area contributed by atoms with Gasteiger partial charge in [0.25, 0.3) is 0 Å². The monoisotopic (exact) mass is 318 g/mol. The minimum Gasteiger partial charge on any atom is -0.388 e. The normalized spacial score (nSPS) is 12.7. The number of aliphatic hydroxyl groups is 1. The summed E-state index contributed by atoms with van der Waals surface area (Å²) in [6.07, 6.45) is 0.441. The lowest BCUT2D eigenvalue weighted by atomic mass is 9.97. The minimum atomic E-state index is -0.362. The Morgan fingerprint density at radius 1 is 0.895 bits per heavy atom. The van der Waals surface area contributed by atoms with Gasteiger partial charge in [-0.05, 0) is 41.2 Å². The third-order valence-electron chi connectivity index (χ3n) is 3.17. The topological polar surface area (TPSA) is 20.2 Å². The molecule has 0 aliphatic rings. The first-order chi connectivity index (χ1) is 9.06. The molecule has 2 aromatic carbocycles. The summed E-state index contributed by atoms with van der Waals surface area (Å²) >= 11 is 3.44. The highest BCUT2D eigenvalue weighted by Crippen LogP contribution is 2.26. The highest BCUT2D eigenvalue weighted by Gasteiger charge is 2.09. The third-order valence-corrected chi connectivity index (χ3v) is 3.70. The maximum atomic E-state index is 10.1. The van der Waals surface area contributed by atoms with Crippen LogP contribution in [0, 0.1) is 5.92 Å². The Bertz CT molecular complexity index is 514. The minimum absolute atomic E-state index is 0.362. The molecule has 0 amide bonds. The zero-order valence-corrected chi connectivity index (χ0v) is 12.9. The zero-order valence-electron chi connectivity index (χ0n) is 11.3. The first-order valence-corrected chi connectivity index (χ1v) is 7.39. The van der Waals surface area contributed by atoms with Crippen molar-refractivity contribution in [3.05, 3.63) is 58.6 Å². The lowest BCUT2D eigenvalue weighted by Gasteiger charge is -2.13. The van der Waals surface area contributed by atoms with E-state index in [0.717, 1.165) is 16.5 Å². The van der Waals surface area contributed by atoms with E-state index in [1.165, 1.54) is 11.1 Å². The lowest BCUT2D eigenvalue weighted by molar-refractivity contribution is 0.151. The summed E-state index contributed by atoms with van der Waals surface area (Å²) in [4.78, 5) is 0. The summed E-state index contributed by atoms with van der Waals surface area (Å²) < 4.78 is 1.08. The Labute approximate surface area is 123 Å². The summed E-state index contributed by atoms with van der Waals surface area (Å²) in [6.45, 7) is 4.25. The van der Waals surface area contributed by atoms with Crippen LogP contribution in [0.3, 0.4) is 0 Å². The summed E-state index contributed by atoms with van der Waals surface area (Å²) in [7, 11) is 0. The Morgan fingerprint density at radius 2 is 1.37 bits per heavy atom. The zero-order chi connectivity index (χ0) is 13.8. The molecule has 19 heavy (non-hydrogen) atoms. The molecular formula is C17H19BrO. The van der Waals surface area contributed by atoms with Gasteiger partial charge in [0.2, 0.25) is 0 Å². The Balaban J connectivity index is 2.16. The van der Waals surface area contributed by atoms with Gasteiger partial charge in [0.05, 0.1) is 6.10 Å². The van der Waals surface area contributed by atoms with Crippen LogP contribution in [0.15, 0.2) is 53.0 Å². The molecule has 1 N–H and O–H groups in total. The fraction of sp³-hybridized carbons (Fsp3) is 0.294. The van der Waals surface area contributed by atoms with Crippen molar-refractivity contribution < 1.29 is 5.11 Å². The standard InChI is InChI=1S/C17H19BrO/c1-12(2)11-17(19)15-5-3-13(4-6-15)14-7-9-16(18)10-8-14/h3-10,12,17,19H,11H2,1-2H3. The van der Waals surface area contributed by atoms with E-state index in [-0.39, 0.29) is 6.10 Å². The van der Waals surface area contributed by atoms with Crippen molar-refractivity contribution in [1.82, 2.24) is 0 Å². The quantitative estimate of drug-likeness (QED) is 0.821. The van der Waals surface area contributed by atoms with Gasteiger partial charge in [-0.15, -0.1) is 0 Å². The van der Waals surface area contributed by atoms with Gasteiger partial charge in [-0.25, -0.2) is 0 Å². The summed E-state index contributed by atoms with van der Waals surface area (Å²) in [5, 5.41) is 10.1. The molecule has 0 aliphatic heterocycles. The molecule has 0 aliphatic carbocycles. The average molecular weight is 319 g/mol. The Kier molecular flexibility index (Phi) is 4.78. The molecule has 0 heterocycles. The highest BCUT2D eigenvalue weighted by molar-refractivity contribution is 9.10. The van der Waals surface area contributed by atoms with Gasteiger partial charge >= 0.3 is 0 Å². The molecule has 100 valence electrons. The predicted molar refractivity (Wildman–Crippen MR) is 84.0 cm³/mol. The van der Waals surface area contributed by atoms with Crippen molar-refractivity contribution >= 4 is 15.9 Å². The second kappa shape index (κ2) is 6.36. The van der Waals surface area contributed by atoms with Crippen molar-refractivity contribution in [3.8, 4) is 11.1 Å². The third kappa shape index (κ3) is 3.92. The molecule has 0 saturated carbocycles. The van der Waals surface area contributed by atoms with E-state index >= 15 is 0 Å². The fourth-order valence-electron chi connectivity index (χ4n) is 2.12. The van der Waals surface area contributed by atoms with Crippen molar-refractivity contribution in [3.63, 3.8) is 0 Å². The van der Waals surface area contributed by atoms with Crippen LogP contribution in [0.4, 0.5) is 0 Å². The second-order valence-corrected chi connectivity index (χ2v) is 6.19. The lowest BCUT2D eigenvalue weighted by Crippen LogP contribution is -2.01. The van der Waals surface area contributed by atoms with Gasteiger partial charge in [-0.3, -0.25) is 0 Å². The van der Waals surface area contributed by atoms with E-state index in [1.807, 2.05) is 24.3 Å². The first-order valence-electron chi connectivity index (χ1n) is 6.60. The maximum Gasteiger partial charge on any atom is 0.0792 e. The largest absolute Gasteiger partial charge is 0.388 e. The van der Waals surface area contributed by atoms with E-state index < -0.39 is 0 Å². The van der Waals surface area contributed by atoms with Crippen LogP contribution >= 0.6 is 15.9 Å². The van der Waals surface area contributed by atoms with Crippen LogP contribution in [0.2, 0.25) is 0 Å². The van der Waals surface area contributed by atoms with Gasteiger partial charge in [0, 0.05) is 4.47 Å². The molecule has 1 nitrogen and oxygen atoms in total. The molecular weight excluding hydrogens is 300 g/mol. The van der Waals surface area contributed by atoms with E-state index in [2.05, 4.69) is 54.0 Å². The van der Waals surface area contributed by atoms with Crippen molar-refractivity contribution in [1.29, 1.82) is 0 Å². The molecule has 0 fully saturated rings. The molecule has 1 atom stereocenters. The summed E-state index contributed by atoms with van der Waals surface area (Å²) in [5.74, 6) is 0.501. The number of benzene rings is 2.